The van der Waals surface area contributed by atoms with Gasteiger partial charge in [0.05, 0.1) is 10.5 Å². The minimum Gasteiger partial charge on any atom is -0.207 e. The summed E-state index contributed by atoms with van der Waals surface area (Å²) in [6, 6.07) is 8.74. The van der Waals surface area contributed by atoms with Crippen LogP contribution in [0.2, 0.25) is 0 Å². The monoisotopic (exact) mass is 276 g/mol. The highest BCUT2D eigenvalue weighted by molar-refractivity contribution is 7.89. The Morgan fingerprint density at radius 2 is 1.74 bits per heavy atom. The Bertz CT molecular complexity index is 617. The number of nitriles is 1. The zero-order chi connectivity index (χ0) is 13.5. The van der Waals surface area contributed by atoms with Gasteiger partial charge < -0.3 is 0 Å². The molecule has 0 saturated carbocycles. The first kappa shape index (κ1) is 12.6. The van der Waals surface area contributed by atoms with Gasteiger partial charge in [0.1, 0.15) is 6.07 Å². The van der Waals surface area contributed by atoms with Gasteiger partial charge in [-0.3, -0.25) is 0 Å². The van der Waals surface area contributed by atoms with Crippen molar-refractivity contribution < 1.29 is 8.42 Å². The molecule has 2 aliphatic heterocycles. The van der Waals surface area contributed by atoms with Crippen molar-refractivity contribution in [3.8, 4) is 6.07 Å². The number of rotatable bonds is 2. The highest BCUT2D eigenvalue weighted by atomic mass is 32.2. The van der Waals surface area contributed by atoms with E-state index in [2.05, 4.69) is 0 Å². The van der Waals surface area contributed by atoms with E-state index in [4.69, 9.17) is 5.26 Å². The molecule has 2 heterocycles. The summed E-state index contributed by atoms with van der Waals surface area (Å²) in [6.07, 6.45) is 4.92. The summed E-state index contributed by atoms with van der Waals surface area (Å²) in [4.78, 5) is 0.163. The molecule has 1 aromatic carbocycles. The van der Waals surface area contributed by atoms with Crippen LogP contribution in [-0.4, -0.2) is 24.8 Å². The summed E-state index contributed by atoms with van der Waals surface area (Å²) >= 11 is 0. The normalized spacial score (nSPS) is 27.1. The molecule has 0 N–H and O–H groups in total. The zero-order valence-corrected chi connectivity index (χ0v) is 11.4. The molecule has 5 heteroatoms. The predicted molar refractivity (Wildman–Crippen MR) is 70.8 cm³/mol. The Labute approximate surface area is 113 Å². The van der Waals surface area contributed by atoms with Crippen LogP contribution in [0.4, 0.5) is 0 Å². The fourth-order valence-electron chi connectivity index (χ4n) is 3.36. The van der Waals surface area contributed by atoms with E-state index in [0.717, 1.165) is 32.1 Å². The molecule has 0 radical (unpaired) electrons. The molecular weight excluding hydrogens is 260 g/mol. The van der Waals surface area contributed by atoms with Gasteiger partial charge in [0.15, 0.2) is 0 Å². The van der Waals surface area contributed by atoms with Gasteiger partial charge in [0, 0.05) is 12.1 Å². The highest BCUT2D eigenvalue weighted by Gasteiger charge is 2.44. The number of hydrogen-bond acceptors (Lipinski definition) is 3. The molecule has 2 bridgehead atoms. The van der Waals surface area contributed by atoms with Gasteiger partial charge in [0.2, 0.25) is 10.0 Å². The third-order valence-electron chi connectivity index (χ3n) is 4.19. The second-order valence-electron chi connectivity index (χ2n) is 5.26. The molecule has 0 amide bonds. The third kappa shape index (κ3) is 1.96. The first-order chi connectivity index (χ1) is 9.14. The van der Waals surface area contributed by atoms with Crippen molar-refractivity contribution in [2.24, 2.45) is 0 Å². The summed E-state index contributed by atoms with van der Waals surface area (Å²) in [7, 11) is -3.53. The van der Waals surface area contributed by atoms with Gasteiger partial charge >= 0.3 is 0 Å². The van der Waals surface area contributed by atoms with E-state index in [1.807, 2.05) is 6.07 Å². The average molecular weight is 276 g/mol. The lowest BCUT2D eigenvalue weighted by Gasteiger charge is -2.33. The maximum absolute atomic E-state index is 12.8. The van der Waals surface area contributed by atoms with Crippen LogP contribution in [0.5, 0.6) is 0 Å². The summed E-state index contributed by atoms with van der Waals surface area (Å²) in [5.41, 5.74) is 0.243. The van der Waals surface area contributed by atoms with E-state index >= 15 is 0 Å². The summed E-state index contributed by atoms with van der Waals surface area (Å²) in [5, 5.41) is 9.09. The molecule has 2 aliphatic rings. The Balaban J connectivity index is 2.06. The molecule has 3 rings (SSSR count). The molecule has 0 aliphatic carbocycles. The smallest absolute Gasteiger partial charge is 0.207 e. The largest absolute Gasteiger partial charge is 0.244 e. The fraction of sp³-hybridized carbons (Fsp3) is 0.500. The van der Waals surface area contributed by atoms with Crippen molar-refractivity contribution in [3.05, 3.63) is 29.8 Å². The van der Waals surface area contributed by atoms with Gasteiger partial charge in [-0.05, 0) is 37.8 Å². The van der Waals surface area contributed by atoms with E-state index in [0.29, 0.717) is 0 Å². The van der Waals surface area contributed by atoms with Gasteiger partial charge in [-0.2, -0.15) is 9.57 Å². The maximum atomic E-state index is 12.8. The van der Waals surface area contributed by atoms with Crippen molar-refractivity contribution in [2.45, 2.75) is 49.1 Å². The van der Waals surface area contributed by atoms with Crippen molar-refractivity contribution in [1.82, 2.24) is 4.31 Å². The van der Waals surface area contributed by atoms with E-state index in [1.165, 1.54) is 0 Å². The lowest BCUT2D eigenvalue weighted by molar-refractivity contribution is 0.248. The number of benzene rings is 1. The lowest BCUT2D eigenvalue weighted by atomic mass is 10.1. The van der Waals surface area contributed by atoms with Crippen LogP contribution >= 0.6 is 0 Å². The second kappa shape index (κ2) is 4.62. The molecule has 0 spiro atoms. The molecule has 100 valence electrons. The third-order valence-corrected chi connectivity index (χ3v) is 6.25. The van der Waals surface area contributed by atoms with Gasteiger partial charge in [-0.15, -0.1) is 0 Å². The predicted octanol–water partition coefficient (Wildman–Crippen LogP) is 2.26. The minimum atomic E-state index is -3.53. The van der Waals surface area contributed by atoms with Crippen molar-refractivity contribution >= 4 is 10.0 Å². The number of nitrogens with zero attached hydrogens (tertiary/aromatic N) is 2. The number of piperidine rings is 1. The quantitative estimate of drug-likeness (QED) is 0.832. The molecule has 2 fully saturated rings. The first-order valence-electron chi connectivity index (χ1n) is 6.67. The summed E-state index contributed by atoms with van der Waals surface area (Å²) in [5.74, 6) is 0. The van der Waals surface area contributed by atoms with Gasteiger partial charge in [-0.1, -0.05) is 18.6 Å². The SMILES string of the molecule is N#Cc1ccccc1S(=O)(=O)N1C2CCCC1CC2. The van der Waals surface area contributed by atoms with E-state index in [9.17, 15) is 8.42 Å². The number of fused-ring (bicyclic) bond motifs is 2. The first-order valence-corrected chi connectivity index (χ1v) is 8.11. The number of sulfonamides is 1. The summed E-state index contributed by atoms with van der Waals surface area (Å²) in [6.45, 7) is 0. The second-order valence-corrected chi connectivity index (χ2v) is 7.07. The number of hydrogen-bond donors (Lipinski definition) is 0. The van der Waals surface area contributed by atoms with Crippen LogP contribution in [0.1, 0.15) is 37.7 Å². The van der Waals surface area contributed by atoms with Crippen LogP contribution < -0.4 is 0 Å². The molecule has 19 heavy (non-hydrogen) atoms. The van der Waals surface area contributed by atoms with Crippen molar-refractivity contribution in [3.63, 3.8) is 0 Å². The van der Waals surface area contributed by atoms with Crippen LogP contribution in [-0.2, 0) is 10.0 Å². The lowest BCUT2D eigenvalue weighted by Crippen LogP contribution is -2.44. The van der Waals surface area contributed by atoms with E-state index in [-0.39, 0.29) is 22.5 Å². The van der Waals surface area contributed by atoms with E-state index < -0.39 is 10.0 Å². The van der Waals surface area contributed by atoms with Crippen LogP contribution in [0.15, 0.2) is 29.2 Å². The highest BCUT2D eigenvalue weighted by Crippen LogP contribution is 2.39. The maximum Gasteiger partial charge on any atom is 0.244 e. The Kier molecular flexibility index (Phi) is 3.08. The van der Waals surface area contributed by atoms with Gasteiger partial charge in [-0.25, -0.2) is 8.42 Å². The Hall–Kier alpha value is -1.38. The molecule has 2 saturated heterocycles. The van der Waals surface area contributed by atoms with Crippen LogP contribution in [0, 0.1) is 11.3 Å². The van der Waals surface area contributed by atoms with Crippen LogP contribution in [0.3, 0.4) is 0 Å². The molecule has 2 unspecified atom stereocenters. The molecule has 0 aromatic heterocycles. The minimum absolute atomic E-state index is 0.135. The zero-order valence-electron chi connectivity index (χ0n) is 10.6. The summed E-state index contributed by atoms with van der Waals surface area (Å²) < 4.78 is 27.3. The van der Waals surface area contributed by atoms with E-state index in [1.54, 1.807) is 28.6 Å². The van der Waals surface area contributed by atoms with Crippen molar-refractivity contribution in [2.75, 3.05) is 0 Å². The average Bonchev–Trinajstić information content (AvgIpc) is 2.70. The van der Waals surface area contributed by atoms with Gasteiger partial charge in [0.25, 0.3) is 0 Å². The molecule has 4 nitrogen and oxygen atoms in total. The molecule has 2 atom stereocenters. The topological polar surface area (TPSA) is 61.2 Å². The van der Waals surface area contributed by atoms with Crippen molar-refractivity contribution in [1.29, 1.82) is 5.26 Å². The fourth-order valence-corrected chi connectivity index (χ4v) is 5.44. The standard InChI is InChI=1S/C14H16N2O2S/c15-10-11-4-1-2-7-14(11)19(17,18)16-12-5-3-6-13(16)9-8-12/h1-2,4,7,12-13H,3,5-6,8-9H2. The Morgan fingerprint density at radius 1 is 1.11 bits per heavy atom. The molecule has 1 aromatic rings. The Morgan fingerprint density at radius 3 is 2.37 bits per heavy atom. The molecular formula is C14H16N2O2S. The van der Waals surface area contributed by atoms with Crippen LogP contribution in [0.25, 0.3) is 0 Å².